The van der Waals surface area contributed by atoms with Crippen molar-refractivity contribution in [2.75, 3.05) is 13.7 Å². The lowest BCUT2D eigenvalue weighted by Crippen LogP contribution is -2.25. The van der Waals surface area contributed by atoms with Crippen LogP contribution in [0.15, 0.2) is 50.8 Å². The summed E-state index contributed by atoms with van der Waals surface area (Å²) in [6.07, 6.45) is 6.86. The average molecular weight is 513 g/mol. The van der Waals surface area contributed by atoms with Crippen LogP contribution < -0.4 is 20.8 Å². The summed E-state index contributed by atoms with van der Waals surface area (Å²) in [4.78, 5) is 29.5. The summed E-state index contributed by atoms with van der Waals surface area (Å²) in [5, 5.41) is 5.06. The van der Waals surface area contributed by atoms with Gasteiger partial charge in [0.2, 0.25) is 0 Å². The van der Waals surface area contributed by atoms with Crippen molar-refractivity contribution in [2.45, 2.75) is 38.0 Å². The Kier molecular flexibility index (Phi) is 7.08. The fourth-order valence-corrected chi connectivity index (χ4v) is 4.59. The van der Waals surface area contributed by atoms with Crippen LogP contribution in [0.2, 0.25) is 0 Å². The summed E-state index contributed by atoms with van der Waals surface area (Å²) >= 11 is 3.45. The highest BCUT2D eigenvalue weighted by atomic mass is 79.9. The number of methoxy groups -OCH3 is 1. The van der Waals surface area contributed by atoms with Gasteiger partial charge in [0.15, 0.2) is 18.1 Å². The quantitative estimate of drug-likeness (QED) is 0.481. The van der Waals surface area contributed by atoms with Crippen LogP contribution in [0.25, 0.3) is 10.9 Å². The topological polar surface area (TPSA) is 109 Å². The van der Waals surface area contributed by atoms with Crippen molar-refractivity contribution in [3.8, 4) is 11.5 Å². The van der Waals surface area contributed by atoms with Gasteiger partial charge in [-0.2, -0.15) is 9.78 Å². The lowest BCUT2D eigenvalue weighted by Gasteiger charge is -2.22. The summed E-state index contributed by atoms with van der Waals surface area (Å²) < 4.78 is 13.1. The highest BCUT2D eigenvalue weighted by molar-refractivity contribution is 9.10. The number of carbonyl (C=O) groups excluding carboxylic acids is 1. The minimum absolute atomic E-state index is 0.163. The Balaban J connectivity index is 1.84. The lowest BCUT2D eigenvalue weighted by atomic mass is 9.88. The normalized spacial score (nSPS) is 14.6. The van der Waals surface area contributed by atoms with E-state index in [1.807, 2.05) is 18.2 Å². The number of benzene rings is 2. The highest BCUT2D eigenvalue weighted by Gasteiger charge is 2.22. The number of amides is 1. The number of primary amides is 1. The van der Waals surface area contributed by atoms with Gasteiger partial charge in [-0.25, -0.2) is 4.98 Å². The van der Waals surface area contributed by atoms with Crippen molar-refractivity contribution in [3.05, 3.63) is 62.6 Å². The number of nitrogens with zero attached hydrogens (tertiary/aromatic N) is 3. The molecule has 1 aromatic heterocycles. The van der Waals surface area contributed by atoms with Gasteiger partial charge in [0.05, 0.1) is 24.2 Å². The van der Waals surface area contributed by atoms with E-state index in [0.717, 1.165) is 30.2 Å². The SMILES string of the molecule is COc1cc(Br)cc(C=Nn2c(C3CCCCC3)nc3ccccc3c2=O)c1OCC(N)=O. The molecule has 0 bridgehead atoms. The maximum Gasteiger partial charge on any atom is 0.282 e. The van der Waals surface area contributed by atoms with E-state index in [9.17, 15) is 9.59 Å². The van der Waals surface area contributed by atoms with Gasteiger partial charge in [-0.3, -0.25) is 9.59 Å². The van der Waals surface area contributed by atoms with E-state index in [1.165, 1.54) is 24.4 Å². The Morgan fingerprint density at radius 1 is 1.27 bits per heavy atom. The van der Waals surface area contributed by atoms with Gasteiger partial charge in [0, 0.05) is 16.0 Å². The average Bonchev–Trinajstić information content (AvgIpc) is 2.82. The van der Waals surface area contributed by atoms with E-state index in [-0.39, 0.29) is 18.1 Å². The summed E-state index contributed by atoms with van der Waals surface area (Å²) in [7, 11) is 1.50. The Hall–Kier alpha value is -3.20. The molecule has 33 heavy (non-hydrogen) atoms. The standard InChI is InChI=1S/C24H25BrN4O4/c1-32-20-12-17(25)11-16(22(20)33-14-21(26)30)13-27-29-23(15-7-3-2-4-8-15)28-19-10-6-5-9-18(19)24(29)31/h5-6,9-13,15H,2-4,7-8,14H2,1H3,(H2,26,30). The fourth-order valence-electron chi connectivity index (χ4n) is 4.13. The van der Waals surface area contributed by atoms with Crippen molar-refractivity contribution in [3.63, 3.8) is 0 Å². The molecule has 0 aliphatic heterocycles. The predicted molar refractivity (Wildman–Crippen MR) is 130 cm³/mol. The molecule has 4 rings (SSSR count). The predicted octanol–water partition coefficient (Wildman–Crippen LogP) is 3.96. The minimum atomic E-state index is -0.614. The van der Waals surface area contributed by atoms with Crippen LogP contribution >= 0.6 is 15.9 Å². The third-order valence-electron chi connectivity index (χ3n) is 5.69. The zero-order chi connectivity index (χ0) is 23.4. The fraction of sp³-hybridized carbons (Fsp3) is 0.333. The van der Waals surface area contributed by atoms with Gasteiger partial charge >= 0.3 is 0 Å². The van der Waals surface area contributed by atoms with Gasteiger partial charge in [0.25, 0.3) is 11.5 Å². The van der Waals surface area contributed by atoms with Gasteiger partial charge in [0.1, 0.15) is 5.82 Å². The zero-order valence-electron chi connectivity index (χ0n) is 18.3. The Bertz CT molecular complexity index is 1270. The number of fused-ring (bicyclic) bond motifs is 1. The molecule has 8 nitrogen and oxygen atoms in total. The number of hydrogen-bond donors (Lipinski definition) is 1. The van der Waals surface area contributed by atoms with E-state index in [0.29, 0.717) is 33.8 Å². The molecule has 1 saturated carbocycles. The van der Waals surface area contributed by atoms with Crippen molar-refractivity contribution in [2.24, 2.45) is 10.8 Å². The Morgan fingerprint density at radius 3 is 2.76 bits per heavy atom. The van der Waals surface area contributed by atoms with Crippen molar-refractivity contribution in [1.29, 1.82) is 0 Å². The van der Waals surface area contributed by atoms with Crippen molar-refractivity contribution < 1.29 is 14.3 Å². The molecule has 172 valence electrons. The molecule has 0 atom stereocenters. The summed E-state index contributed by atoms with van der Waals surface area (Å²) in [6.45, 7) is -0.316. The van der Waals surface area contributed by atoms with Gasteiger partial charge < -0.3 is 15.2 Å². The zero-order valence-corrected chi connectivity index (χ0v) is 19.9. The molecule has 2 N–H and O–H groups in total. The first kappa shape index (κ1) is 23.0. The summed E-state index contributed by atoms with van der Waals surface area (Å²) in [5.74, 6) is 0.928. The molecule has 1 fully saturated rings. The van der Waals surface area contributed by atoms with E-state index in [4.69, 9.17) is 20.2 Å². The maximum atomic E-state index is 13.4. The smallest absolute Gasteiger partial charge is 0.282 e. The van der Waals surface area contributed by atoms with Crippen LogP contribution in [-0.2, 0) is 4.79 Å². The van der Waals surface area contributed by atoms with E-state index in [1.54, 1.807) is 18.2 Å². The largest absolute Gasteiger partial charge is 0.493 e. The molecule has 9 heteroatoms. The van der Waals surface area contributed by atoms with Crippen molar-refractivity contribution >= 4 is 39.0 Å². The minimum Gasteiger partial charge on any atom is -0.493 e. The number of para-hydroxylation sites is 1. The molecule has 1 heterocycles. The first-order chi connectivity index (χ1) is 16.0. The molecule has 2 aromatic carbocycles. The van der Waals surface area contributed by atoms with Gasteiger partial charge in [-0.15, -0.1) is 0 Å². The first-order valence-corrected chi connectivity index (χ1v) is 11.6. The highest BCUT2D eigenvalue weighted by Crippen LogP contribution is 2.35. The van der Waals surface area contributed by atoms with Crippen LogP contribution in [0.1, 0.15) is 49.4 Å². The van der Waals surface area contributed by atoms with E-state index >= 15 is 0 Å². The molecule has 1 aliphatic carbocycles. The number of ether oxygens (including phenoxy) is 2. The molecule has 0 saturated heterocycles. The molecule has 0 spiro atoms. The molecule has 0 radical (unpaired) electrons. The van der Waals surface area contributed by atoms with E-state index in [2.05, 4.69) is 21.0 Å². The third-order valence-corrected chi connectivity index (χ3v) is 6.15. The third kappa shape index (κ3) is 5.08. The summed E-state index contributed by atoms with van der Waals surface area (Å²) in [5.41, 5.74) is 6.22. The number of halogens is 1. The number of nitrogens with two attached hydrogens (primary N) is 1. The second-order valence-corrected chi connectivity index (χ2v) is 8.88. The van der Waals surface area contributed by atoms with Gasteiger partial charge in [-0.05, 0) is 37.1 Å². The second kappa shape index (κ2) is 10.2. The van der Waals surface area contributed by atoms with Crippen LogP contribution in [0.5, 0.6) is 11.5 Å². The van der Waals surface area contributed by atoms with Crippen LogP contribution in [0, 0.1) is 0 Å². The molecule has 1 aliphatic rings. The number of hydrogen-bond acceptors (Lipinski definition) is 6. The monoisotopic (exact) mass is 512 g/mol. The first-order valence-electron chi connectivity index (χ1n) is 10.8. The molecular formula is C24H25BrN4O4. The summed E-state index contributed by atoms with van der Waals surface area (Å²) in [6, 6.07) is 10.8. The maximum absolute atomic E-state index is 13.4. The molecular weight excluding hydrogens is 488 g/mol. The van der Waals surface area contributed by atoms with Crippen LogP contribution in [0.3, 0.4) is 0 Å². The Morgan fingerprint density at radius 2 is 2.03 bits per heavy atom. The van der Waals surface area contributed by atoms with E-state index < -0.39 is 5.91 Å². The Labute approximate surface area is 199 Å². The molecule has 1 amide bonds. The van der Waals surface area contributed by atoms with Gasteiger partial charge in [-0.1, -0.05) is 47.3 Å². The van der Waals surface area contributed by atoms with Crippen molar-refractivity contribution in [1.82, 2.24) is 9.66 Å². The number of carbonyl (C=O) groups is 1. The van der Waals surface area contributed by atoms with Crippen LogP contribution in [-0.4, -0.2) is 35.5 Å². The lowest BCUT2D eigenvalue weighted by molar-refractivity contribution is -0.119. The molecule has 3 aromatic rings. The number of rotatable bonds is 7. The van der Waals surface area contributed by atoms with Crippen LogP contribution in [0.4, 0.5) is 0 Å². The number of aromatic nitrogens is 2. The second-order valence-electron chi connectivity index (χ2n) is 7.96. The molecule has 0 unspecified atom stereocenters.